The molecule has 0 aliphatic rings. The highest BCUT2D eigenvalue weighted by Gasteiger charge is 2.18. The lowest BCUT2D eigenvalue weighted by Gasteiger charge is -2.17. The Kier molecular flexibility index (Phi) is 8.21. The Bertz CT molecular complexity index is 1160. The van der Waals surface area contributed by atoms with Gasteiger partial charge in [0.05, 0.1) is 6.42 Å². The van der Waals surface area contributed by atoms with Crippen molar-refractivity contribution < 1.29 is 26.9 Å². The van der Waals surface area contributed by atoms with Gasteiger partial charge in [-0.15, -0.1) is 0 Å². The highest BCUT2D eigenvalue weighted by molar-refractivity contribution is 7.87. The van der Waals surface area contributed by atoms with E-state index in [0.29, 0.717) is 6.42 Å². The molecule has 0 saturated heterocycles. The molecule has 0 aliphatic carbocycles. The SMILES string of the molecule is CC(=O)NC(CC(=O)OCc1ccccc1)Cc1ccc(OS(=O)(=O)c2ccccc2)cc1. The lowest BCUT2D eigenvalue weighted by atomic mass is 10.0. The number of amides is 1. The van der Waals surface area contributed by atoms with Crippen molar-refractivity contribution in [2.75, 3.05) is 0 Å². The Morgan fingerprint density at radius 3 is 2.06 bits per heavy atom. The van der Waals surface area contributed by atoms with Crippen molar-refractivity contribution >= 4 is 22.0 Å². The fraction of sp³-hybridized carbons (Fsp3) is 0.200. The number of benzene rings is 3. The number of ether oxygens (including phenoxy) is 1. The first-order valence-corrected chi connectivity index (χ1v) is 11.8. The maximum absolute atomic E-state index is 12.3. The van der Waals surface area contributed by atoms with E-state index in [1.807, 2.05) is 30.3 Å². The molecule has 3 aromatic carbocycles. The zero-order valence-electron chi connectivity index (χ0n) is 18.1. The molecule has 8 heteroatoms. The second kappa shape index (κ2) is 11.3. The van der Waals surface area contributed by atoms with Crippen LogP contribution in [0.5, 0.6) is 5.75 Å². The Morgan fingerprint density at radius 2 is 1.45 bits per heavy atom. The van der Waals surface area contributed by atoms with E-state index < -0.39 is 22.1 Å². The summed E-state index contributed by atoms with van der Waals surface area (Å²) in [6.45, 7) is 1.54. The van der Waals surface area contributed by atoms with Crippen LogP contribution >= 0.6 is 0 Å². The maximum Gasteiger partial charge on any atom is 0.339 e. The minimum atomic E-state index is -3.93. The van der Waals surface area contributed by atoms with Gasteiger partial charge in [0.25, 0.3) is 0 Å². The number of hydrogen-bond donors (Lipinski definition) is 1. The summed E-state index contributed by atoms with van der Waals surface area (Å²) in [5.41, 5.74) is 1.68. The van der Waals surface area contributed by atoms with E-state index in [0.717, 1.165) is 11.1 Å². The molecule has 1 unspecified atom stereocenters. The van der Waals surface area contributed by atoms with Crippen molar-refractivity contribution in [3.8, 4) is 5.75 Å². The average Bonchev–Trinajstić information content (AvgIpc) is 2.80. The molecule has 0 heterocycles. The molecule has 0 fully saturated rings. The van der Waals surface area contributed by atoms with Crippen LogP contribution in [0.4, 0.5) is 0 Å². The third-order valence-electron chi connectivity index (χ3n) is 4.71. The van der Waals surface area contributed by atoms with Gasteiger partial charge in [0.15, 0.2) is 0 Å². The van der Waals surface area contributed by atoms with Gasteiger partial charge in [-0.05, 0) is 41.8 Å². The van der Waals surface area contributed by atoms with Gasteiger partial charge < -0.3 is 14.2 Å². The number of carbonyl (C=O) groups excluding carboxylic acids is 2. The van der Waals surface area contributed by atoms with Crippen LogP contribution in [0, 0.1) is 0 Å². The summed E-state index contributed by atoms with van der Waals surface area (Å²) in [4.78, 5) is 23.9. The van der Waals surface area contributed by atoms with Crippen molar-refractivity contribution in [2.24, 2.45) is 0 Å². The molecular weight excluding hydrogens is 442 g/mol. The van der Waals surface area contributed by atoms with Crippen LogP contribution in [0.3, 0.4) is 0 Å². The summed E-state index contributed by atoms with van der Waals surface area (Å²) in [6, 6.07) is 23.2. The van der Waals surface area contributed by atoms with Crippen LogP contribution in [0.15, 0.2) is 89.8 Å². The summed E-state index contributed by atoms with van der Waals surface area (Å²) in [5.74, 6) is -0.516. The number of carbonyl (C=O) groups is 2. The lowest BCUT2D eigenvalue weighted by molar-refractivity contribution is -0.145. The Labute approximate surface area is 193 Å². The minimum absolute atomic E-state index is 0.00700. The largest absolute Gasteiger partial charge is 0.461 e. The molecule has 1 N–H and O–H groups in total. The van der Waals surface area contributed by atoms with Crippen molar-refractivity contribution in [3.05, 3.63) is 96.1 Å². The molecule has 1 atom stereocenters. The number of nitrogens with one attached hydrogen (secondary N) is 1. The smallest absolute Gasteiger partial charge is 0.339 e. The molecule has 7 nitrogen and oxygen atoms in total. The van der Waals surface area contributed by atoms with E-state index in [2.05, 4.69) is 5.32 Å². The van der Waals surface area contributed by atoms with Gasteiger partial charge in [0.1, 0.15) is 17.3 Å². The van der Waals surface area contributed by atoms with Crippen molar-refractivity contribution in [2.45, 2.75) is 37.3 Å². The fourth-order valence-electron chi connectivity index (χ4n) is 3.19. The fourth-order valence-corrected chi connectivity index (χ4v) is 4.14. The monoisotopic (exact) mass is 467 g/mol. The van der Waals surface area contributed by atoms with E-state index >= 15 is 0 Å². The highest BCUT2D eigenvalue weighted by Crippen LogP contribution is 2.20. The number of rotatable bonds is 10. The number of hydrogen-bond acceptors (Lipinski definition) is 6. The second-order valence-electron chi connectivity index (χ2n) is 7.45. The lowest BCUT2D eigenvalue weighted by Crippen LogP contribution is -2.37. The molecule has 3 rings (SSSR count). The van der Waals surface area contributed by atoms with Crippen LogP contribution in [0.2, 0.25) is 0 Å². The normalized spacial score (nSPS) is 11.9. The van der Waals surface area contributed by atoms with Crippen LogP contribution in [-0.2, 0) is 37.5 Å². The molecule has 3 aromatic rings. The summed E-state index contributed by atoms with van der Waals surface area (Å²) in [6.07, 6.45) is 0.374. The van der Waals surface area contributed by atoms with E-state index in [-0.39, 0.29) is 29.6 Å². The Balaban J connectivity index is 1.59. The zero-order valence-corrected chi connectivity index (χ0v) is 19.0. The minimum Gasteiger partial charge on any atom is -0.461 e. The van der Waals surface area contributed by atoms with Crippen molar-refractivity contribution in [1.29, 1.82) is 0 Å². The van der Waals surface area contributed by atoms with Gasteiger partial charge in [-0.3, -0.25) is 9.59 Å². The number of esters is 1. The second-order valence-corrected chi connectivity index (χ2v) is 8.99. The van der Waals surface area contributed by atoms with Gasteiger partial charge in [-0.2, -0.15) is 8.42 Å². The molecule has 0 bridgehead atoms. The first-order chi connectivity index (χ1) is 15.8. The van der Waals surface area contributed by atoms with Gasteiger partial charge in [0, 0.05) is 13.0 Å². The van der Waals surface area contributed by atoms with E-state index in [1.165, 1.54) is 31.2 Å². The van der Waals surface area contributed by atoms with Gasteiger partial charge in [-0.1, -0.05) is 60.7 Å². The van der Waals surface area contributed by atoms with E-state index in [1.54, 1.807) is 30.3 Å². The molecule has 0 aliphatic heterocycles. The molecular formula is C25H25NO6S. The molecule has 0 saturated carbocycles. The topological polar surface area (TPSA) is 98.8 Å². The van der Waals surface area contributed by atoms with E-state index in [4.69, 9.17) is 8.92 Å². The van der Waals surface area contributed by atoms with Crippen molar-refractivity contribution in [3.63, 3.8) is 0 Å². The summed E-state index contributed by atoms with van der Waals surface area (Å²) in [7, 11) is -3.93. The summed E-state index contributed by atoms with van der Waals surface area (Å²) in [5, 5.41) is 2.76. The Morgan fingerprint density at radius 1 is 0.848 bits per heavy atom. The Hall–Kier alpha value is -3.65. The first-order valence-electron chi connectivity index (χ1n) is 10.4. The third-order valence-corrected chi connectivity index (χ3v) is 5.97. The summed E-state index contributed by atoms with van der Waals surface area (Å²) >= 11 is 0. The molecule has 33 heavy (non-hydrogen) atoms. The molecule has 0 spiro atoms. The van der Waals surface area contributed by atoms with Gasteiger partial charge in [0.2, 0.25) is 5.91 Å². The van der Waals surface area contributed by atoms with Crippen molar-refractivity contribution in [1.82, 2.24) is 5.32 Å². The van der Waals surface area contributed by atoms with Crippen LogP contribution < -0.4 is 9.50 Å². The quantitative estimate of drug-likeness (QED) is 0.361. The van der Waals surface area contributed by atoms with E-state index in [9.17, 15) is 18.0 Å². The molecule has 172 valence electrons. The van der Waals surface area contributed by atoms with Crippen LogP contribution in [0.25, 0.3) is 0 Å². The predicted molar refractivity (Wildman–Crippen MR) is 123 cm³/mol. The third kappa shape index (κ3) is 7.76. The predicted octanol–water partition coefficient (Wildman–Crippen LogP) is 3.64. The summed E-state index contributed by atoms with van der Waals surface area (Å²) < 4.78 is 35.2. The highest BCUT2D eigenvalue weighted by atomic mass is 32.2. The molecule has 0 aromatic heterocycles. The standard InChI is InChI=1S/C25H25NO6S/c1-19(27)26-22(17-25(28)31-18-21-8-4-2-5-9-21)16-20-12-14-23(15-13-20)32-33(29,30)24-10-6-3-7-11-24/h2-15,22H,16-18H2,1H3,(H,26,27). The maximum atomic E-state index is 12.3. The van der Waals surface area contributed by atoms with Crippen LogP contribution in [-0.4, -0.2) is 26.3 Å². The van der Waals surface area contributed by atoms with Crippen LogP contribution in [0.1, 0.15) is 24.5 Å². The molecule has 0 radical (unpaired) electrons. The van der Waals surface area contributed by atoms with Gasteiger partial charge >= 0.3 is 16.1 Å². The first kappa shape index (κ1) is 24.0. The average molecular weight is 468 g/mol. The zero-order chi connectivity index (χ0) is 23.7. The van der Waals surface area contributed by atoms with Gasteiger partial charge in [-0.25, -0.2) is 0 Å². The molecule has 1 amide bonds.